The summed E-state index contributed by atoms with van der Waals surface area (Å²) in [4.78, 5) is 46.4. The summed E-state index contributed by atoms with van der Waals surface area (Å²) in [6.45, 7) is 3.24. The number of nitrogens with one attached hydrogen (secondary N) is 4. The number of amides is 4. The highest BCUT2D eigenvalue weighted by atomic mass is 33.1. The normalized spacial score (nSPS) is 31.9. The first-order chi connectivity index (χ1) is 10.4. The van der Waals surface area contributed by atoms with E-state index in [0.717, 1.165) is 0 Å². The fourth-order valence-electron chi connectivity index (χ4n) is 1.95. The van der Waals surface area contributed by atoms with Crippen molar-refractivity contribution in [3.05, 3.63) is 0 Å². The Balaban J connectivity index is 1.71. The molecule has 2 aliphatic heterocycles. The molecule has 10 heteroatoms. The Morgan fingerprint density at radius 1 is 0.682 bits per heavy atom. The van der Waals surface area contributed by atoms with Crippen molar-refractivity contribution in [2.24, 2.45) is 0 Å². The van der Waals surface area contributed by atoms with Crippen LogP contribution in [0.25, 0.3) is 0 Å². The number of piperazine rings is 2. The summed E-state index contributed by atoms with van der Waals surface area (Å²) >= 11 is 0. The first-order valence-corrected chi connectivity index (χ1v) is 9.33. The van der Waals surface area contributed by atoms with E-state index in [-0.39, 0.29) is 23.6 Å². The van der Waals surface area contributed by atoms with Gasteiger partial charge in [-0.25, -0.2) is 0 Å². The summed E-state index contributed by atoms with van der Waals surface area (Å²) in [5.41, 5.74) is 0. The highest BCUT2D eigenvalue weighted by molar-refractivity contribution is 8.76. The van der Waals surface area contributed by atoms with Crippen molar-refractivity contribution in [2.75, 3.05) is 11.5 Å². The van der Waals surface area contributed by atoms with Crippen LogP contribution in [0.2, 0.25) is 0 Å². The fraction of sp³-hybridized carbons (Fsp3) is 0.667. The maximum Gasteiger partial charge on any atom is 0.244 e. The molecule has 0 saturated carbocycles. The maximum absolute atomic E-state index is 11.7. The van der Waals surface area contributed by atoms with Gasteiger partial charge in [0.25, 0.3) is 0 Å². The molecule has 0 aromatic rings. The molecule has 2 saturated heterocycles. The maximum atomic E-state index is 11.7. The summed E-state index contributed by atoms with van der Waals surface area (Å²) in [5.74, 6) is -0.0388. The Morgan fingerprint density at radius 3 is 1.41 bits per heavy atom. The minimum atomic E-state index is -0.573. The monoisotopic (exact) mass is 346 g/mol. The molecule has 0 aromatic carbocycles. The Morgan fingerprint density at radius 2 is 1.05 bits per heavy atom. The summed E-state index contributed by atoms with van der Waals surface area (Å²) in [6, 6.07) is -2.17. The molecular formula is C12H18N4O4S2. The third-order valence-corrected chi connectivity index (χ3v) is 5.74. The van der Waals surface area contributed by atoms with Crippen LogP contribution in [-0.4, -0.2) is 59.3 Å². The van der Waals surface area contributed by atoms with Crippen molar-refractivity contribution in [1.82, 2.24) is 21.3 Å². The van der Waals surface area contributed by atoms with Crippen LogP contribution in [0, 0.1) is 0 Å². The number of rotatable bonds is 5. The number of carbonyl (C=O) groups is 4. The number of carbonyl (C=O) groups excluding carboxylic acids is 4. The lowest BCUT2D eigenvalue weighted by molar-refractivity contribution is -0.135. The molecule has 4 atom stereocenters. The van der Waals surface area contributed by atoms with Gasteiger partial charge in [0.2, 0.25) is 23.6 Å². The molecule has 4 N–H and O–H groups in total. The van der Waals surface area contributed by atoms with E-state index in [1.807, 2.05) is 0 Å². The molecule has 122 valence electrons. The molecule has 22 heavy (non-hydrogen) atoms. The molecule has 0 spiro atoms. The summed E-state index contributed by atoms with van der Waals surface area (Å²) in [6.07, 6.45) is 0. The Kier molecular flexibility index (Phi) is 5.57. The van der Waals surface area contributed by atoms with Gasteiger partial charge in [0, 0.05) is 11.5 Å². The first kappa shape index (κ1) is 16.9. The second kappa shape index (κ2) is 7.23. The molecule has 0 bridgehead atoms. The lowest BCUT2D eigenvalue weighted by Crippen LogP contribution is -2.61. The van der Waals surface area contributed by atoms with E-state index < -0.39 is 24.2 Å². The van der Waals surface area contributed by atoms with Crippen molar-refractivity contribution >= 4 is 45.2 Å². The largest absolute Gasteiger partial charge is 0.343 e. The molecule has 2 aliphatic rings. The van der Waals surface area contributed by atoms with E-state index in [1.165, 1.54) is 21.6 Å². The van der Waals surface area contributed by atoms with E-state index in [9.17, 15) is 19.2 Å². The van der Waals surface area contributed by atoms with Gasteiger partial charge in [-0.2, -0.15) is 0 Å². The van der Waals surface area contributed by atoms with Gasteiger partial charge < -0.3 is 21.3 Å². The molecule has 2 heterocycles. The minimum Gasteiger partial charge on any atom is -0.343 e. The molecule has 4 amide bonds. The molecule has 0 aliphatic carbocycles. The van der Waals surface area contributed by atoms with Gasteiger partial charge in [0.1, 0.15) is 24.2 Å². The van der Waals surface area contributed by atoms with Crippen LogP contribution in [0.1, 0.15) is 13.8 Å². The smallest absolute Gasteiger partial charge is 0.244 e. The molecule has 0 aromatic heterocycles. The molecule has 0 radical (unpaired) electrons. The zero-order valence-electron chi connectivity index (χ0n) is 12.2. The average Bonchev–Trinajstić information content (AvgIpc) is 2.45. The molecule has 2 fully saturated rings. The van der Waals surface area contributed by atoms with Gasteiger partial charge in [-0.15, -0.1) is 0 Å². The highest BCUT2D eigenvalue weighted by Crippen LogP contribution is 2.24. The van der Waals surface area contributed by atoms with Crippen molar-refractivity contribution in [3.8, 4) is 0 Å². The summed E-state index contributed by atoms with van der Waals surface area (Å²) in [5, 5.41) is 10.5. The van der Waals surface area contributed by atoms with Crippen LogP contribution >= 0.6 is 21.6 Å². The second-order valence-electron chi connectivity index (χ2n) is 5.15. The van der Waals surface area contributed by atoms with Crippen LogP contribution < -0.4 is 21.3 Å². The van der Waals surface area contributed by atoms with Gasteiger partial charge in [0.15, 0.2) is 0 Å². The number of hydrogen-bond donors (Lipinski definition) is 4. The zero-order valence-corrected chi connectivity index (χ0v) is 13.8. The van der Waals surface area contributed by atoms with E-state index in [2.05, 4.69) is 21.3 Å². The molecule has 8 nitrogen and oxygen atoms in total. The minimum absolute atomic E-state index is 0.205. The van der Waals surface area contributed by atoms with Crippen molar-refractivity contribution in [3.63, 3.8) is 0 Å². The average molecular weight is 346 g/mol. The summed E-state index contributed by atoms with van der Waals surface area (Å²) < 4.78 is 0. The standard InChI is InChI=1S/C12H18N4O4S2/c1-5-9(17)15-7(11(19)13-5)3-21-22-4-8-12(20)14-6(2)10(18)16-8/h5-8H,3-4H2,1-2H3,(H,13,19)(H,14,20)(H,15,17)(H,16,18)/t5?,6?,7-,8-/m0/s1. The van der Waals surface area contributed by atoms with Gasteiger partial charge in [-0.3, -0.25) is 19.2 Å². The zero-order chi connectivity index (χ0) is 16.3. The van der Waals surface area contributed by atoms with Crippen molar-refractivity contribution in [2.45, 2.75) is 38.0 Å². The third-order valence-electron chi connectivity index (χ3n) is 3.32. The van der Waals surface area contributed by atoms with Crippen molar-refractivity contribution in [1.29, 1.82) is 0 Å². The topological polar surface area (TPSA) is 116 Å². The Hall–Kier alpha value is -1.42. The van der Waals surface area contributed by atoms with E-state index in [1.54, 1.807) is 13.8 Å². The number of hydrogen-bond acceptors (Lipinski definition) is 6. The first-order valence-electron chi connectivity index (χ1n) is 6.84. The Labute approximate surface area is 135 Å². The van der Waals surface area contributed by atoms with Gasteiger partial charge in [-0.05, 0) is 13.8 Å². The molecular weight excluding hydrogens is 328 g/mol. The summed E-state index contributed by atoms with van der Waals surface area (Å²) in [7, 11) is 2.75. The third kappa shape index (κ3) is 4.07. The predicted octanol–water partition coefficient (Wildman–Crippen LogP) is -1.63. The van der Waals surface area contributed by atoms with E-state index in [0.29, 0.717) is 11.5 Å². The van der Waals surface area contributed by atoms with Gasteiger partial charge in [0.05, 0.1) is 0 Å². The van der Waals surface area contributed by atoms with Crippen LogP contribution in [0.15, 0.2) is 0 Å². The molecule has 2 unspecified atom stereocenters. The highest BCUT2D eigenvalue weighted by Gasteiger charge is 2.32. The Bertz CT molecular complexity index is 458. The second-order valence-corrected chi connectivity index (χ2v) is 7.70. The lowest BCUT2D eigenvalue weighted by atomic mass is 10.2. The fourth-order valence-corrected chi connectivity index (χ4v) is 4.28. The van der Waals surface area contributed by atoms with E-state index in [4.69, 9.17) is 0 Å². The SMILES string of the molecule is CC1NC(=O)[C@H](CSSC[C@@H]2NC(=O)C(C)NC2=O)NC1=O. The predicted molar refractivity (Wildman–Crippen MR) is 84.0 cm³/mol. The van der Waals surface area contributed by atoms with Crippen LogP contribution in [-0.2, 0) is 19.2 Å². The van der Waals surface area contributed by atoms with Crippen LogP contribution in [0.5, 0.6) is 0 Å². The van der Waals surface area contributed by atoms with Crippen LogP contribution in [0.3, 0.4) is 0 Å². The van der Waals surface area contributed by atoms with Gasteiger partial charge in [-0.1, -0.05) is 21.6 Å². The van der Waals surface area contributed by atoms with Crippen molar-refractivity contribution < 1.29 is 19.2 Å². The molecule has 2 rings (SSSR count). The lowest BCUT2D eigenvalue weighted by Gasteiger charge is -2.28. The quantitative estimate of drug-likeness (QED) is 0.351. The van der Waals surface area contributed by atoms with E-state index >= 15 is 0 Å². The van der Waals surface area contributed by atoms with Gasteiger partial charge >= 0.3 is 0 Å². The van der Waals surface area contributed by atoms with Crippen LogP contribution in [0.4, 0.5) is 0 Å².